The van der Waals surface area contributed by atoms with Gasteiger partial charge < -0.3 is 15.2 Å². The van der Waals surface area contributed by atoms with Crippen LogP contribution < -0.4 is 5.32 Å². The minimum Gasteiger partial charge on any atom is -0.396 e. The topological polar surface area (TPSA) is 100 Å². The molecule has 2 N–H and O–H groups in total. The summed E-state index contributed by atoms with van der Waals surface area (Å²) in [6.07, 6.45) is 5.98. The van der Waals surface area contributed by atoms with Crippen molar-refractivity contribution in [2.45, 2.75) is 32.7 Å². The van der Waals surface area contributed by atoms with Crippen molar-refractivity contribution < 1.29 is 14.6 Å². The van der Waals surface area contributed by atoms with Gasteiger partial charge in [-0.3, -0.25) is 24.6 Å². The molecule has 0 atom stereocenters. The zero-order valence-electron chi connectivity index (χ0n) is 20.7. The number of pyridine rings is 3. The highest BCUT2D eigenvalue weighted by Gasteiger charge is 2.11. The van der Waals surface area contributed by atoms with E-state index in [9.17, 15) is 4.79 Å². The van der Waals surface area contributed by atoms with Crippen LogP contribution in [0, 0.1) is 0 Å². The smallest absolute Gasteiger partial charge is 0.250 e. The lowest BCUT2D eigenvalue weighted by Crippen LogP contribution is -2.24. The highest BCUT2D eigenvalue weighted by atomic mass is 16.5. The van der Waals surface area contributed by atoms with Gasteiger partial charge in [-0.05, 0) is 60.0 Å². The molecule has 4 rings (SSSR count). The zero-order valence-corrected chi connectivity index (χ0v) is 20.7. The molecule has 3 heterocycles. The van der Waals surface area contributed by atoms with Crippen molar-refractivity contribution in [3.05, 3.63) is 120 Å². The third kappa shape index (κ3) is 8.88. The Hall–Kier alpha value is -3.98. The van der Waals surface area contributed by atoms with Crippen LogP contribution in [0.15, 0.2) is 91.4 Å². The van der Waals surface area contributed by atoms with E-state index >= 15 is 0 Å². The van der Waals surface area contributed by atoms with Crippen molar-refractivity contribution in [3.8, 4) is 0 Å². The summed E-state index contributed by atoms with van der Waals surface area (Å²) in [5, 5.41) is 11.8. The number of aliphatic hydroxyl groups is 1. The molecule has 4 aromatic rings. The summed E-state index contributed by atoms with van der Waals surface area (Å²) in [5.74, 6) is -0.223. The monoisotopic (exact) mass is 497 g/mol. The van der Waals surface area contributed by atoms with Gasteiger partial charge in [0.2, 0.25) is 5.91 Å². The molecule has 8 nitrogen and oxygen atoms in total. The first-order valence-corrected chi connectivity index (χ1v) is 12.2. The molecule has 0 saturated heterocycles. The number of rotatable bonds is 13. The van der Waals surface area contributed by atoms with E-state index in [1.807, 2.05) is 72.8 Å². The first-order valence-electron chi connectivity index (χ1n) is 12.2. The first kappa shape index (κ1) is 26.1. The number of nitrogens with one attached hydrogen (secondary N) is 1. The number of benzene rings is 1. The number of ether oxygens (including phenoxy) is 1. The van der Waals surface area contributed by atoms with Crippen LogP contribution in [0.25, 0.3) is 0 Å². The van der Waals surface area contributed by atoms with Gasteiger partial charge in [0, 0.05) is 50.5 Å². The quantitative estimate of drug-likeness (QED) is 0.290. The molecule has 0 aliphatic carbocycles. The second-order valence-electron chi connectivity index (χ2n) is 8.66. The molecule has 1 aromatic carbocycles. The van der Waals surface area contributed by atoms with E-state index in [1.165, 1.54) is 0 Å². The number of hydrogen-bond acceptors (Lipinski definition) is 7. The van der Waals surface area contributed by atoms with E-state index in [4.69, 9.17) is 9.84 Å². The predicted molar refractivity (Wildman–Crippen MR) is 141 cm³/mol. The summed E-state index contributed by atoms with van der Waals surface area (Å²) >= 11 is 0. The Morgan fingerprint density at radius 3 is 1.95 bits per heavy atom. The Bertz CT molecular complexity index is 1180. The fourth-order valence-corrected chi connectivity index (χ4v) is 3.81. The highest BCUT2D eigenvalue weighted by Crippen LogP contribution is 2.13. The van der Waals surface area contributed by atoms with E-state index < -0.39 is 0 Å². The molecule has 3 aromatic heterocycles. The summed E-state index contributed by atoms with van der Waals surface area (Å²) < 4.78 is 5.58. The number of hydrogen-bond donors (Lipinski definition) is 2. The van der Waals surface area contributed by atoms with Crippen LogP contribution in [0.5, 0.6) is 0 Å². The summed E-state index contributed by atoms with van der Waals surface area (Å²) in [4.78, 5) is 28.0. The Balaban J connectivity index is 1.27. The molecule has 0 radical (unpaired) electrons. The van der Waals surface area contributed by atoms with Crippen LogP contribution >= 0.6 is 0 Å². The first-order chi connectivity index (χ1) is 18.2. The summed E-state index contributed by atoms with van der Waals surface area (Å²) in [6.45, 7) is 2.36. The third-order valence-electron chi connectivity index (χ3n) is 5.64. The third-order valence-corrected chi connectivity index (χ3v) is 5.64. The maximum atomic E-state index is 12.2. The van der Waals surface area contributed by atoms with Crippen molar-refractivity contribution in [2.24, 2.45) is 0 Å². The fourth-order valence-electron chi connectivity index (χ4n) is 3.81. The predicted octanol–water partition coefficient (Wildman–Crippen LogP) is 3.76. The Kier molecular flexibility index (Phi) is 9.83. The summed E-state index contributed by atoms with van der Waals surface area (Å²) in [5.41, 5.74) is 5.51. The molecular weight excluding hydrogens is 466 g/mol. The number of anilines is 1. The molecule has 0 saturated carbocycles. The fraction of sp³-hybridized carbons (Fsp3) is 0.241. The Morgan fingerprint density at radius 1 is 0.784 bits per heavy atom. The van der Waals surface area contributed by atoms with E-state index in [1.54, 1.807) is 18.6 Å². The van der Waals surface area contributed by atoms with E-state index in [-0.39, 0.29) is 19.1 Å². The van der Waals surface area contributed by atoms with Crippen molar-refractivity contribution in [2.75, 3.05) is 18.5 Å². The second kappa shape index (κ2) is 13.9. The van der Waals surface area contributed by atoms with Crippen LogP contribution in [0.1, 0.15) is 28.2 Å². The van der Waals surface area contributed by atoms with Crippen LogP contribution in [0.2, 0.25) is 0 Å². The Labute approximate surface area is 217 Å². The minimum atomic E-state index is -0.223. The van der Waals surface area contributed by atoms with Crippen LogP contribution in [-0.2, 0) is 42.2 Å². The maximum Gasteiger partial charge on any atom is 0.250 e. The normalized spacial score (nSPS) is 11.0. The zero-order chi connectivity index (χ0) is 25.7. The molecule has 190 valence electrons. The highest BCUT2D eigenvalue weighted by molar-refractivity contribution is 5.91. The molecule has 8 heteroatoms. The number of nitrogens with zero attached hydrogens (tertiary/aromatic N) is 4. The van der Waals surface area contributed by atoms with Gasteiger partial charge in [0.15, 0.2) is 0 Å². The summed E-state index contributed by atoms with van der Waals surface area (Å²) in [6, 6.07) is 23.2. The average molecular weight is 498 g/mol. The van der Waals surface area contributed by atoms with Crippen molar-refractivity contribution >= 4 is 11.6 Å². The van der Waals surface area contributed by atoms with Crippen molar-refractivity contribution in [3.63, 3.8) is 0 Å². The molecule has 1 amide bonds. The number of carbonyl (C=O) groups is 1. The molecule has 0 aliphatic rings. The van der Waals surface area contributed by atoms with Crippen molar-refractivity contribution in [1.82, 2.24) is 19.9 Å². The van der Waals surface area contributed by atoms with E-state index in [0.717, 1.165) is 28.2 Å². The second-order valence-corrected chi connectivity index (χ2v) is 8.66. The van der Waals surface area contributed by atoms with Gasteiger partial charge >= 0.3 is 0 Å². The lowest BCUT2D eigenvalue weighted by atomic mass is 10.1. The van der Waals surface area contributed by atoms with Gasteiger partial charge in [-0.25, -0.2) is 0 Å². The van der Waals surface area contributed by atoms with Gasteiger partial charge in [-0.1, -0.05) is 30.3 Å². The lowest BCUT2D eigenvalue weighted by molar-refractivity contribution is -0.121. The van der Waals surface area contributed by atoms with Crippen LogP contribution in [0.4, 0.5) is 5.69 Å². The minimum absolute atomic E-state index is 0.0535. The number of aliphatic hydroxyl groups excluding tert-OH is 1. The van der Waals surface area contributed by atoms with Crippen LogP contribution in [0.3, 0.4) is 0 Å². The lowest BCUT2D eigenvalue weighted by Gasteiger charge is -2.21. The average Bonchev–Trinajstić information content (AvgIpc) is 2.92. The standard InChI is InChI=1S/C29H31N5O3/c35-16-13-23-7-10-25(11-8-23)33-29(36)22-37-21-24-9-12-28(32-17-24)20-34(18-26-5-1-3-14-30-26)19-27-6-2-4-15-31-27/h1-12,14-15,17,35H,13,16,18-22H2,(H,33,36). The van der Waals surface area contributed by atoms with Crippen LogP contribution in [-0.4, -0.2) is 44.1 Å². The van der Waals surface area contributed by atoms with Gasteiger partial charge in [0.1, 0.15) is 6.61 Å². The Morgan fingerprint density at radius 2 is 1.41 bits per heavy atom. The largest absolute Gasteiger partial charge is 0.396 e. The molecular formula is C29H31N5O3. The van der Waals surface area contributed by atoms with Gasteiger partial charge in [0.05, 0.1) is 23.7 Å². The summed E-state index contributed by atoms with van der Waals surface area (Å²) in [7, 11) is 0. The molecule has 0 unspecified atom stereocenters. The maximum absolute atomic E-state index is 12.2. The van der Waals surface area contributed by atoms with Gasteiger partial charge in [0.25, 0.3) is 0 Å². The molecule has 0 spiro atoms. The number of aromatic nitrogens is 3. The van der Waals surface area contributed by atoms with Gasteiger partial charge in [-0.15, -0.1) is 0 Å². The van der Waals surface area contributed by atoms with E-state index in [2.05, 4.69) is 25.2 Å². The molecule has 0 bridgehead atoms. The number of amides is 1. The number of carbonyl (C=O) groups excluding carboxylic acids is 1. The molecule has 0 fully saturated rings. The SMILES string of the molecule is O=C(COCc1ccc(CN(Cc2ccccn2)Cc2ccccn2)nc1)Nc1ccc(CCO)cc1. The van der Waals surface area contributed by atoms with Gasteiger partial charge in [-0.2, -0.15) is 0 Å². The van der Waals surface area contributed by atoms with E-state index in [0.29, 0.717) is 38.3 Å². The van der Waals surface area contributed by atoms with Crippen molar-refractivity contribution in [1.29, 1.82) is 0 Å². The molecule has 37 heavy (non-hydrogen) atoms. The molecule has 0 aliphatic heterocycles.